The second-order valence-electron chi connectivity index (χ2n) is 6.88. The lowest BCUT2D eigenvalue weighted by molar-refractivity contribution is -0.141. The molecule has 0 amide bonds. The lowest BCUT2D eigenvalue weighted by Gasteiger charge is -2.05. The molecule has 4 aromatic rings. The largest absolute Gasteiger partial charge is 0.439 e. The van der Waals surface area contributed by atoms with Crippen LogP contribution in [0.25, 0.3) is 17.0 Å². The number of ether oxygens (including phenoxy) is 1. The number of carbonyl (C=O) groups is 1. The molecule has 0 aliphatic rings. The number of hydrogen-bond acceptors (Lipinski definition) is 6. The summed E-state index contributed by atoms with van der Waals surface area (Å²) in [6, 6.07) is 14.2. The molecular formula is C22H17Cl2N5O3. The lowest BCUT2D eigenvalue weighted by Crippen LogP contribution is -2.26. The van der Waals surface area contributed by atoms with Gasteiger partial charge in [0.1, 0.15) is 10.7 Å². The Kier molecular flexibility index (Phi) is 6.34. The van der Waals surface area contributed by atoms with Gasteiger partial charge in [-0.1, -0.05) is 58.7 Å². The first-order chi connectivity index (χ1) is 15.4. The number of hydrogen-bond donors (Lipinski definition) is 0. The normalized spacial score (nSPS) is 11.3. The highest BCUT2D eigenvalue weighted by Gasteiger charge is 2.13. The second-order valence-corrected chi connectivity index (χ2v) is 7.64. The Labute approximate surface area is 192 Å². The van der Waals surface area contributed by atoms with Crippen LogP contribution in [-0.4, -0.2) is 30.7 Å². The Morgan fingerprint density at radius 1 is 1.09 bits per heavy atom. The van der Waals surface area contributed by atoms with Crippen LogP contribution in [0.2, 0.25) is 10.2 Å². The van der Waals surface area contributed by atoms with Crippen LogP contribution in [0.15, 0.2) is 59.4 Å². The molecule has 162 valence electrons. The molecule has 0 atom stereocenters. The summed E-state index contributed by atoms with van der Waals surface area (Å²) in [5, 5.41) is 13.5. The molecule has 2 aromatic carbocycles. The zero-order chi connectivity index (χ0) is 22.7. The molecule has 0 N–H and O–H groups in total. The highest BCUT2D eigenvalue weighted by atomic mass is 35.5. The summed E-state index contributed by atoms with van der Waals surface area (Å²) in [5.41, 5.74) is 2.17. The molecule has 8 nitrogen and oxygen atoms in total. The van der Waals surface area contributed by atoms with E-state index in [1.807, 2.05) is 18.2 Å². The van der Waals surface area contributed by atoms with Crippen molar-refractivity contribution in [2.75, 3.05) is 0 Å². The summed E-state index contributed by atoms with van der Waals surface area (Å²) in [5.74, 6) is -0.666. The summed E-state index contributed by atoms with van der Waals surface area (Å²) in [6.45, 7) is 1.81. The van der Waals surface area contributed by atoms with Crippen molar-refractivity contribution in [1.29, 1.82) is 0 Å². The monoisotopic (exact) mass is 469 g/mol. The predicted octanol–water partition coefficient (Wildman–Crippen LogP) is 3.87. The van der Waals surface area contributed by atoms with Gasteiger partial charge < -0.3 is 4.74 Å². The van der Waals surface area contributed by atoms with E-state index in [4.69, 9.17) is 27.9 Å². The fourth-order valence-electron chi connectivity index (χ4n) is 3.08. The third kappa shape index (κ3) is 4.56. The zero-order valence-electron chi connectivity index (χ0n) is 16.9. The third-order valence-corrected chi connectivity index (χ3v) is 5.50. The first-order valence-corrected chi connectivity index (χ1v) is 10.3. The summed E-state index contributed by atoms with van der Waals surface area (Å²) < 4.78 is 7.71. The fraction of sp³-hybridized carbons (Fsp3) is 0.136. The van der Waals surface area contributed by atoms with Crippen LogP contribution in [-0.2, 0) is 22.8 Å². The number of halogens is 2. The van der Waals surface area contributed by atoms with Gasteiger partial charge in [-0.25, -0.2) is 9.48 Å². The lowest BCUT2D eigenvalue weighted by atomic mass is 10.2. The van der Waals surface area contributed by atoms with E-state index in [0.29, 0.717) is 38.9 Å². The van der Waals surface area contributed by atoms with Crippen molar-refractivity contribution < 1.29 is 9.53 Å². The maximum Gasteiger partial charge on any atom is 0.332 e. The SMILES string of the molecule is Cc1nn(Cc2ccccc2Cl)c(Cl)c1/C=C/C(=O)OCn1nnc2ccccc2c1=O. The van der Waals surface area contributed by atoms with Crippen molar-refractivity contribution in [1.82, 2.24) is 24.8 Å². The standard InChI is InChI=1S/C22H17Cl2N5O3/c1-14-16(21(24)28(26-14)12-15-6-2-4-8-18(15)23)10-11-20(30)32-13-29-22(31)17-7-3-5-9-19(17)25-27-29/h2-11H,12-13H2,1H3/b11-10+. The zero-order valence-corrected chi connectivity index (χ0v) is 18.4. The Bertz CT molecular complexity index is 1390. The summed E-state index contributed by atoms with van der Waals surface area (Å²) in [6.07, 6.45) is 2.74. The van der Waals surface area contributed by atoms with E-state index in [1.165, 1.54) is 12.2 Å². The molecular weight excluding hydrogens is 453 g/mol. The molecule has 0 spiro atoms. The van der Waals surface area contributed by atoms with Crippen LogP contribution < -0.4 is 5.56 Å². The minimum atomic E-state index is -0.666. The average Bonchev–Trinajstić information content (AvgIpc) is 3.06. The summed E-state index contributed by atoms with van der Waals surface area (Å²) in [7, 11) is 0. The first kappa shape index (κ1) is 21.7. The Morgan fingerprint density at radius 2 is 1.84 bits per heavy atom. The van der Waals surface area contributed by atoms with E-state index in [0.717, 1.165) is 10.2 Å². The van der Waals surface area contributed by atoms with E-state index in [9.17, 15) is 9.59 Å². The van der Waals surface area contributed by atoms with Crippen molar-refractivity contribution in [3.05, 3.63) is 92.0 Å². The molecule has 0 bridgehead atoms. The van der Waals surface area contributed by atoms with Crippen molar-refractivity contribution in [3.63, 3.8) is 0 Å². The molecule has 2 heterocycles. The minimum Gasteiger partial charge on any atom is -0.439 e. The number of benzene rings is 2. The van der Waals surface area contributed by atoms with Gasteiger partial charge in [0, 0.05) is 16.7 Å². The van der Waals surface area contributed by atoms with Gasteiger partial charge in [0.2, 0.25) is 0 Å². The van der Waals surface area contributed by atoms with Gasteiger partial charge in [-0.3, -0.25) is 4.79 Å². The van der Waals surface area contributed by atoms with Gasteiger partial charge in [-0.05, 0) is 36.8 Å². The molecule has 2 aromatic heterocycles. The van der Waals surface area contributed by atoms with Gasteiger partial charge in [0.05, 0.1) is 17.6 Å². The molecule has 0 saturated heterocycles. The molecule has 0 aliphatic carbocycles. The van der Waals surface area contributed by atoms with E-state index < -0.39 is 11.5 Å². The van der Waals surface area contributed by atoms with E-state index in [-0.39, 0.29) is 6.73 Å². The summed E-state index contributed by atoms with van der Waals surface area (Å²) >= 11 is 12.7. The number of fused-ring (bicyclic) bond motifs is 1. The number of carbonyl (C=O) groups excluding carboxylic acids is 1. The number of aryl methyl sites for hydroxylation is 1. The molecule has 32 heavy (non-hydrogen) atoms. The number of esters is 1. The second kappa shape index (κ2) is 9.33. The topological polar surface area (TPSA) is 91.9 Å². The van der Waals surface area contributed by atoms with Gasteiger partial charge in [-0.15, -0.1) is 5.10 Å². The minimum absolute atomic E-state index is 0.363. The molecule has 0 saturated carbocycles. The van der Waals surface area contributed by atoms with Gasteiger partial charge >= 0.3 is 5.97 Å². The molecule has 10 heteroatoms. The number of aromatic nitrogens is 5. The van der Waals surface area contributed by atoms with E-state index >= 15 is 0 Å². The molecule has 4 rings (SSSR count). The van der Waals surface area contributed by atoms with Gasteiger partial charge in [0.25, 0.3) is 5.56 Å². The highest BCUT2D eigenvalue weighted by Crippen LogP contribution is 2.24. The fourth-order valence-corrected chi connectivity index (χ4v) is 3.57. The Morgan fingerprint density at radius 3 is 2.66 bits per heavy atom. The first-order valence-electron chi connectivity index (χ1n) is 9.57. The Hall–Kier alpha value is -3.49. The molecule has 0 aliphatic heterocycles. The van der Waals surface area contributed by atoms with Crippen molar-refractivity contribution >= 4 is 46.2 Å². The van der Waals surface area contributed by atoms with Crippen LogP contribution >= 0.6 is 23.2 Å². The van der Waals surface area contributed by atoms with Gasteiger partial charge in [0.15, 0.2) is 6.73 Å². The quantitative estimate of drug-likeness (QED) is 0.314. The Balaban J connectivity index is 1.45. The summed E-state index contributed by atoms with van der Waals surface area (Å²) in [4.78, 5) is 24.6. The number of nitrogens with zero attached hydrogens (tertiary/aromatic N) is 5. The third-order valence-electron chi connectivity index (χ3n) is 4.73. The average molecular weight is 470 g/mol. The molecule has 0 radical (unpaired) electrons. The maximum atomic E-state index is 12.4. The van der Waals surface area contributed by atoms with Crippen molar-refractivity contribution in [2.24, 2.45) is 0 Å². The molecule has 0 fully saturated rings. The van der Waals surface area contributed by atoms with Crippen LogP contribution in [0.3, 0.4) is 0 Å². The molecule has 0 unspecified atom stereocenters. The van der Waals surface area contributed by atoms with Crippen LogP contribution in [0.4, 0.5) is 0 Å². The highest BCUT2D eigenvalue weighted by molar-refractivity contribution is 6.32. The maximum absolute atomic E-state index is 12.4. The number of rotatable bonds is 6. The predicted molar refractivity (Wildman–Crippen MR) is 121 cm³/mol. The van der Waals surface area contributed by atoms with Crippen molar-refractivity contribution in [3.8, 4) is 0 Å². The van der Waals surface area contributed by atoms with Crippen LogP contribution in [0, 0.1) is 6.92 Å². The van der Waals surface area contributed by atoms with Crippen molar-refractivity contribution in [2.45, 2.75) is 20.2 Å². The smallest absolute Gasteiger partial charge is 0.332 e. The van der Waals surface area contributed by atoms with Crippen LogP contribution in [0.1, 0.15) is 16.8 Å². The van der Waals surface area contributed by atoms with Crippen LogP contribution in [0.5, 0.6) is 0 Å². The van der Waals surface area contributed by atoms with E-state index in [1.54, 1.807) is 41.9 Å². The van der Waals surface area contributed by atoms with E-state index in [2.05, 4.69) is 15.4 Å². The van der Waals surface area contributed by atoms with Gasteiger partial charge in [-0.2, -0.15) is 9.78 Å².